The van der Waals surface area contributed by atoms with Gasteiger partial charge in [0.15, 0.2) is 0 Å². The second kappa shape index (κ2) is 3.68. The molecular weight excluding hydrogens is 221 g/mol. The molecule has 0 unspecified atom stereocenters. The van der Waals surface area contributed by atoms with Gasteiger partial charge in [-0.15, -0.1) is 0 Å². The molecule has 0 spiro atoms. The summed E-state index contributed by atoms with van der Waals surface area (Å²) in [7, 11) is 0. The molecule has 0 atom stereocenters. The largest absolute Gasteiger partial charge is 0.205 e. The highest BCUT2D eigenvalue weighted by Crippen LogP contribution is 2.20. The molecule has 0 heterocycles. The lowest BCUT2D eigenvalue weighted by atomic mass is 10.1. The second-order valence-corrected chi connectivity index (χ2v) is 3.40. The minimum Gasteiger partial charge on any atom is -0.205 e. The average Bonchev–Trinajstić information content (AvgIpc) is 2.01. The van der Waals surface area contributed by atoms with Crippen molar-refractivity contribution in [1.82, 2.24) is 0 Å². The maximum absolute atomic E-state index is 13.0. The quantitative estimate of drug-likeness (QED) is 0.724. The van der Waals surface area contributed by atoms with Crippen LogP contribution in [0.25, 0.3) is 0 Å². The van der Waals surface area contributed by atoms with E-state index in [4.69, 9.17) is 5.26 Å². The second-order valence-electron chi connectivity index (χ2n) is 2.54. The van der Waals surface area contributed by atoms with Crippen LogP contribution in [0.1, 0.15) is 11.1 Å². The van der Waals surface area contributed by atoms with Gasteiger partial charge in [0.05, 0.1) is 17.0 Å². The standard InChI is InChI=1S/C9H7BrFN/c1-6-4-7(2-3-12)5-8(10)9(6)11/h4-5H,2H2,1H3. The van der Waals surface area contributed by atoms with Crippen LogP contribution in [0.4, 0.5) is 4.39 Å². The third-order valence-corrected chi connectivity index (χ3v) is 2.13. The summed E-state index contributed by atoms with van der Waals surface area (Å²) in [5.74, 6) is -0.253. The first kappa shape index (κ1) is 9.21. The van der Waals surface area contributed by atoms with E-state index in [0.29, 0.717) is 16.5 Å². The minimum atomic E-state index is -0.253. The van der Waals surface area contributed by atoms with Gasteiger partial charge in [0, 0.05) is 0 Å². The van der Waals surface area contributed by atoms with Crippen molar-refractivity contribution in [2.45, 2.75) is 13.3 Å². The predicted molar refractivity (Wildman–Crippen MR) is 48.2 cm³/mol. The first-order valence-electron chi connectivity index (χ1n) is 3.46. The highest BCUT2D eigenvalue weighted by molar-refractivity contribution is 9.10. The lowest BCUT2D eigenvalue weighted by molar-refractivity contribution is 0.611. The number of aryl methyl sites for hydroxylation is 1. The van der Waals surface area contributed by atoms with E-state index in [1.807, 2.05) is 6.07 Å². The van der Waals surface area contributed by atoms with E-state index >= 15 is 0 Å². The number of hydrogen-bond donors (Lipinski definition) is 0. The maximum Gasteiger partial charge on any atom is 0.140 e. The molecule has 12 heavy (non-hydrogen) atoms. The topological polar surface area (TPSA) is 23.8 Å². The number of hydrogen-bond acceptors (Lipinski definition) is 1. The first-order valence-corrected chi connectivity index (χ1v) is 4.26. The first-order chi connectivity index (χ1) is 5.65. The van der Waals surface area contributed by atoms with Gasteiger partial charge in [0.2, 0.25) is 0 Å². The van der Waals surface area contributed by atoms with E-state index in [1.54, 1.807) is 19.1 Å². The highest BCUT2D eigenvalue weighted by atomic mass is 79.9. The number of rotatable bonds is 1. The van der Waals surface area contributed by atoms with Crippen LogP contribution in [0.3, 0.4) is 0 Å². The van der Waals surface area contributed by atoms with Crippen LogP contribution in [0.5, 0.6) is 0 Å². The van der Waals surface area contributed by atoms with E-state index in [1.165, 1.54) is 0 Å². The van der Waals surface area contributed by atoms with Crippen molar-refractivity contribution in [3.05, 3.63) is 33.5 Å². The number of halogens is 2. The van der Waals surface area contributed by atoms with Crippen molar-refractivity contribution in [3.63, 3.8) is 0 Å². The Morgan fingerprint density at radius 1 is 1.58 bits per heavy atom. The van der Waals surface area contributed by atoms with Crippen LogP contribution in [0, 0.1) is 24.1 Å². The maximum atomic E-state index is 13.0. The zero-order valence-corrected chi connectivity index (χ0v) is 8.15. The monoisotopic (exact) mass is 227 g/mol. The lowest BCUT2D eigenvalue weighted by Crippen LogP contribution is -1.89. The van der Waals surface area contributed by atoms with Crippen molar-refractivity contribution in [2.24, 2.45) is 0 Å². The Bertz CT molecular complexity index is 318. The zero-order valence-electron chi connectivity index (χ0n) is 6.56. The Hall–Kier alpha value is -0.880. The minimum absolute atomic E-state index is 0.253. The molecule has 1 nitrogen and oxygen atoms in total. The molecule has 1 aromatic rings. The Kier molecular flexibility index (Phi) is 2.83. The van der Waals surface area contributed by atoms with Gasteiger partial charge in [0.1, 0.15) is 5.82 Å². The zero-order chi connectivity index (χ0) is 9.14. The molecule has 1 rings (SSSR count). The molecule has 0 N–H and O–H groups in total. The molecule has 0 amide bonds. The van der Waals surface area contributed by atoms with E-state index in [0.717, 1.165) is 5.56 Å². The highest BCUT2D eigenvalue weighted by Gasteiger charge is 2.04. The number of nitrogens with zero attached hydrogens (tertiary/aromatic N) is 1. The molecule has 0 aromatic heterocycles. The summed E-state index contributed by atoms with van der Waals surface area (Å²) in [5, 5.41) is 8.41. The molecule has 0 radical (unpaired) electrons. The lowest BCUT2D eigenvalue weighted by Gasteiger charge is -2.01. The average molecular weight is 228 g/mol. The van der Waals surface area contributed by atoms with Crippen molar-refractivity contribution < 1.29 is 4.39 Å². The van der Waals surface area contributed by atoms with Crippen molar-refractivity contribution >= 4 is 15.9 Å². The van der Waals surface area contributed by atoms with Crippen LogP contribution in [0.15, 0.2) is 16.6 Å². The van der Waals surface area contributed by atoms with Gasteiger partial charge in [-0.2, -0.15) is 5.26 Å². The van der Waals surface area contributed by atoms with Crippen LogP contribution < -0.4 is 0 Å². The van der Waals surface area contributed by atoms with Crippen LogP contribution in [-0.2, 0) is 6.42 Å². The molecule has 62 valence electrons. The van der Waals surface area contributed by atoms with E-state index in [2.05, 4.69) is 15.9 Å². The van der Waals surface area contributed by atoms with Gasteiger partial charge in [-0.05, 0) is 40.0 Å². The summed E-state index contributed by atoms with van der Waals surface area (Å²) >= 11 is 3.08. The Labute approximate surface area is 79.0 Å². The molecule has 0 fully saturated rings. The summed E-state index contributed by atoms with van der Waals surface area (Å²) in [6, 6.07) is 5.33. The van der Waals surface area contributed by atoms with Crippen molar-refractivity contribution in [3.8, 4) is 6.07 Å². The van der Waals surface area contributed by atoms with Crippen molar-refractivity contribution in [1.29, 1.82) is 5.26 Å². The fourth-order valence-corrected chi connectivity index (χ4v) is 1.60. The third kappa shape index (κ3) is 1.83. The summed E-state index contributed by atoms with van der Waals surface area (Å²) in [5.41, 5.74) is 1.40. The molecule has 0 aliphatic carbocycles. The Morgan fingerprint density at radius 2 is 2.25 bits per heavy atom. The summed E-state index contributed by atoms with van der Waals surface area (Å²) in [6.45, 7) is 1.68. The molecule has 0 aliphatic heterocycles. The molecule has 1 aromatic carbocycles. The molecule has 3 heteroatoms. The normalized spacial score (nSPS) is 9.50. The summed E-state index contributed by atoms with van der Waals surface area (Å²) in [4.78, 5) is 0. The van der Waals surface area contributed by atoms with Gasteiger partial charge in [0.25, 0.3) is 0 Å². The molecule has 0 saturated heterocycles. The van der Waals surface area contributed by atoms with Gasteiger partial charge < -0.3 is 0 Å². The smallest absolute Gasteiger partial charge is 0.140 e. The number of nitriles is 1. The summed E-state index contributed by atoms with van der Waals surface area (Å²) < 4.78 is 13.4. The van der Waals surface area contributed by atoms with Crippen LogP contribution in [-0.4, -0.2) is 0 Å². The number of benzene rings is 1. The van der Waals surface area contributed by atoms with Gasteiger partial charge >= 0.3 is 0 Å². The van der Waals surface area contributed by atoms with Gasteiger partial charge in [-0.1, -0.05) is 6.07 Å². The SMILES string of the molecule is Cc1cc(CC#N)cc(Br)c1F. The van der Waals surface area contributed by atoms with Crippen molar-refractivity contribution in [2.75, 3.05) is 0 Å². The summed E-state index contributed by atoms with van der Waals surface area (Å²) in [6.07, 6.45) is 0.319. The predicted octanol–water partition coefficient (Wildman–Crippen LogP) is 2.96. The Balaban J connectivity index is 3.14. The molecule has 0 bridgehead atoms. The van der Waals surface area contributed by atoms with Gasteiger partial charge in [-0.25, -0.2) is 4.39 Å². The molecule has 0 aliphatic rings. The van der Waals surface area contributed by atoms with Crippen LogP contribution in [0.2, 0.25) is 0 Å². The molecule has 0 saturated carbocycles. The fraction of sp³-hybridized carbons (Fsp3) is 0.222. The molecular formula is C9H7BrFN. The Morgan fingerprint density at radius 3 is 2.75 bits per heavy atom. The van der Waals surface area contributed by atoms with E-state index in [9.17, 15) is 4.39 Å². The van der Waals surface area contributed by atoms with Gasteiger partial charge in [-0.3, -0.25) is 0 Å². The van der Waals surface area contributed by atoms with Crippen LogP contribution >= 0.6 is 15.9 Å². The van der Waals surface area contributed by atoms with E-state index in [-0.39, 0.29) is 5.82 Å². The fourth-order valence-electron chi connectivity index (χ4n) is 0.991. The third-order valence-electron chi connectivity index (χ3n) is 1.55. The van der Waals surface area contributed by atoms with E-state index < -0.39 is 0 Å².